The average molecular weight is 259 g/mol. The van der Waals surface area contributed by atoms with E-state index < -0.39 is 24.0 Å². The van der Waals surface area contributed by atoms with Crippen LogP contribution in [0.5, 0.6) is 0 Å². The van der Waals surface area contributed by atoms with E-state index in [4.69, 9.17) is 47.6 Å². The Labute approximate surface area is 72.6 Å². The van der Waals surface area contributed by atoms with Gasteiger partial charge in [-0.15, -0.1) is 0 Å². The first-order valence-electron chi connectivity index (χ1n) is 1.93. The van der Waals surface area contributed by atoms with E-state index in [0.717, 1.165) is 0 Å². The standard InChI is InChI=1S/2H3O4P.O2P/c2*1-5(2,3)4;1-3-2/h2*(H3,1,2,3,4);/q;;+1. The minimum absolute atomic E-state index is 1.08. The molecule has 0 unspecified atom stereocenters. The number of hydrogen-bond acceptors (Lipinski definition) is 4. The Hall–Kier alpha value is 0.250. The molecule has 0 spiro atoms. The maximum atomic E-state index is 8.88. The zero-order valence-electron chi connectivity index (χ0n) is 5.66. The molecule has 0 saturated carbocycles. The molecule has 0 aliphatic rings. The second kappa shape index (κ2) is 8.83. The quantitative estimate of drug-likeness (QED) is 0.287. The van der Waals surface area contributed by atoms with Crippen molar-refractivity contribution in [3.05, 3.63) is 0 Å². The van der Waals surface area contributed by atoms with E-state index in [1.165, 1.54) is 0 Å². The fraction of sp³-hybridized carbons (Fsp3) is 0. The minimum atomic E-state index is -4.64. The van der Waals surface area contributed by atoms with E-state index >= 15 is 0 Å². The Morgan fingerprint density at radius 1 is 0.692 bits per heavy atom. The second-order valence-electron chi connectivity index (χ2n) is 1.10. The van der Waals surface area contributed by atoms with Crippen molar-refractivity contribution in [2.45, 2.75) is 0 Å². The van der Waals surface area contributed by atoms with Gasteiger partial charge in [-0.1, -0.05) is 0 Å². The average Bonchev–Trinajstić information content (AvgIpc) is 1.52. The molecule has 0 rings (SSSR count). The Morgan fingerprint density at radius 2 is 0.692 bits per heavy atom. The molecule has 13 heavy (non-hydrogen) atoms. The summed E-state index contributed by atoms with van der Waals surface area (Å²) in [5.74, 6) is 0. The van der Waals surface area contributed by atoms with Crippen molar-refractivity contribution in [1.82, 2.24) is 0 Å². The Morgan fingerprint density at radius 3 is 0.692 bits per heavy atom. The predicted molar refractivity (Wildman–Crippen MR) is 36.8 cm³/mol. The monoisotopic (exact) mass is 259 g/mol. The number of phosphoric acid groups is 2. The van der Waals surface area contributed by atoms with Crippen molar-refractivity contribution in [3.63, 3.8) is 0 Å². The first-order valence-corrected chi connectivity index (χ1v) is 5.79. The van der Waals surface area contributed by atoms with Gasteiger partial charge in [0.05, 0.1) is 0 Å². The molecule has 0 bridgehead atoms. The fourth-order valence-corrected chi connectivity index (χ4v) is 0. The van der Waals surface area contributed by atoms with Crippen LogP contribution in [-0.2, 0) is 18.3 Å². The molecule has 0 amide bonds. The predicted octanol–water partition coefficient (Wildman–Crippen LogP) is -1.23. The third kappa shape index (κ3) is 20600. The maximum absolute atomic E-state index is 8.88. The van der Waals surface area contributed by atoms with Crippen LogP contribution in [-0.4, -0.2) is 29.4 Å². The van der Waals surface area contributed by atoms with Crippen molar-refractivity contribution in [2.75, 3.05) is 0 Å². The first-order chi connectivity index (χ1) is 5.41. The van der Waals surface area contributed by atoms with Crippen LogP contribution in [0.15, 0.2) is 0 Å². The summed E-state index contributed by atoms with van der Waals surface area (Å²) in [7, 11) is -10.4. The van der Waals surface area contributed by atoms with Crippen molar-refractivity contribution >= 4 is 24.0 Å². The summed E-state index contributed by atoms with van der Waals surface area (Å²) in [5, 5.41) is 0. The van der Waals surface area contributed by atoms with Crippen LogP contribution in [0.2, 0.25) is 0 Å². The van der Waals surface area contributed by atoms with E-state index in [-0.39, 0.29) is 0 Å². The molecular formula is H6O10P3+. The van der Waals surface area contributed by atoms with Gasteiger partial charge in [0.15, 0.2) is 0 Å². The van der Waals surface area contributed by atoms with Crippen LogP contribution in [0.3, 0.4) is 0 Å². The topological polar surface area (TPSA) is 190 Å². The molecule has 0 aliphatic carbocycles. The molecule has 0 radical (unpaired) electrons. The molecular weight excluding hydrogens is 253 g/mol. The van der Waals surface area contributed by atoms with Gasteiger partial charge in [-0.25, -0.2) is 9.13 Å². The molecule has 6 N–H and O–H groups in total. The van der Waals surface area contributed by atoms with E-state index in [1.807, 2.05) is 0 Å². The van der Waals surface area contributed by atoms with Crippen LogP contribution in [0.4, 0.5) is 0 Å². The first kappa shape index (κ1) is 18.9. The molecule has 0 aromatic heterocycles. The Bertz CT molecular complexity index is 184. The molecule has 0 heterocycles. The molecule has 0 atom stereocenters. The van der Waals surface area contributed by atoms with E-state index in [9.17, 15) is 0 Å². The summed E-state index contributed by atoms with van der Waals surface area (Å²) >= 11 is 0. The molecule has 0 aromatic rings. The van der Waals surface area contributed by atoms with E-state index in [0.29, 0.717) is 0 Å². The van der Waals surface area contributed by atoms with Gasteiger partial charge in [0.2, 0.25) is 0 Å². The Balaban J connectivity index is -0.000000120. The third-order valence-electron chi connectivity index (χ3n) is 0. The van der Waals surface area contributed by atoms with Crippen molar-refractivity contribution in [1.29, 1.82) is 0 Å². The number of hydrogen-bond donors (Lipinski definition) is 6. The summed E-state index contributed by atoms with van der Waals surface area (Å²) in [4.78, 5) is 43.1. The van der Waals surface area contributed by atoms with Crippen LogP contribution in [0, 0.1) is 0 Å². The summed E-state index contributed by atoms with van der Waals surface area (Å²) in [6, 6.07) is 0. The van der Waals surface area contributed by atoms with Gasteiger partial charge >= 0.3 is 33.1 Å². The SMILES string of the molecule is O=P(O)(O)O.O=P(O)(O)O.O=[P+]=O. The zero-order chi connectivity index (χ0) is 11.7. The molecule has 0 saturated heterocycles. The van der Waals surface area contributed by atoms with Gasteiger partial charge in [-0.3, -0.25) is 0 Å². The molecule has 80 valence electrons. The van der Waals surface area contributed by atoms with Gasteiger partial charge in [-0.2, -0.15) is 0 Å². The molecule has 0 aromatic carbocycles. The van der Waals surface area contributed by atoms with Crippen LogP contribution in [0.1, 0.15) is 0 Å². The fourth-order valence-electron chi connectivity index (χ4n) is 0. The van der Waals surface area contributed by atoms with Crippen LogP contribution < -0.4 is 0 Å². The number of rotatable bonds is 0. The molecule has 10 nitrogen and oxygen atoms in total. The Kier molecular flexibility index (Phi) is 12.9. The van der Waals surface area contributed by atoms with Gasteiger partial charge in [0.1, 0.15) is 0 Å². The normalized spacial score (nSPS) is 9.69. The van der Waals surface area contributed by atoms with Crippen LogP contribution in [0.25, 0.3) is 0 Å². The van der Waals surface area contributed by atoms with E-state index in [2.05, 4.69) is 0 Å². The summed E-state index contributed by atoms with van der Waals surface area (Å²) in [6.07, 6.45) is 0. The summed E-state index contributed by atoms with van der Waals surface area (Å²) in [6.45, 7) is 0. The zero-order valence-corrected chi connectivity index (χ0v) is 8.34. The van der Waals surface area contributed by atoms with Crippen molar-refractivity contribution in [3.8, 4) is 0 Å². The van der Waals surface area contributed by atoms with Crippen molar-refractivity contribution in [2.24, 2.45) is 0 Å². The van der Waals surface area contributed by atoms with Crippen LogP contribution >= 0.6 is 24.0 Å². The van der Waals surface area contributed by atoms with Gasteiger partial charge in [0.25, 0.3) is 0 Å². The summed E-state index contributed by atoms with van der Waals surface area (Å²) in [5.41, 5.74) is 0. The molecule has 0 aliphatic heterocycles. The van der Waals surface area contributed by atoms with Gasteiger partial charge in [0, 0.05) is 0 Å². The summed E-state index contributed by atoms with van der Waals surface area (Å²) < 4.78 is 34.5. The second-order valence-corrected chi connectivity index (χ2v) is 3.30. The van der Waals surface area contributed by atoms with Gasteiger partial charge < -0.3 is 29.4 Å². The van der Waals surface area contributed by atoms with E-state index in [1.54, 1.807) is 0 Å². The third-order valence-corrected chi connectivity index (χ3v) is 0. The molecule has 0 fully saturated rings. The molecule has 13 heteroatoms. The van der Waals surface area contributed by atoms with Gasteiger partial charge in [-0.05, 0) is 0 Å². The van der Waals surface area contributed by atoms with Crippen molar-refractivity contribution < 1.29 is 47.6 Å².